The number of hydrogen-bond donors (Lipinski definition) is 1. The molecule has 1 saturated heterocycles. The molecule has 1 aliphatic heterocycles. The van der Waals surface area contributed by atoms with Crippen molar-refractivity contribution in [1.29, 1.82) is 0 Å². The molecule has 1 saturated carbocycles. The van der Waals surface area contributed by atoms with Gasteiger partial charge in [0.2, 0.25) is 0 Å². The van der Waals surface area contributed by atoms with Crippen LogP contribution in [0.5, 0.6) is 0 Å². The third-order valence-corrected chi connectivity index (χ3v) is 4.46. The van der Waals surface area contributed by atoms with Gasteiger partial charge >= 0.3 is 0 Å². The highest BCUT2D eigenvalue weighted by Gasteiger charge is 2.50. The number of nitrogen functional groups attached to an aromatic ring is 1. The lowest BCUT2D eigenvalue weighted by Gasteiger charge is -2.16. The molecule has 0 radical (unpaired) electrons. The first kappa shape index (κ1) is 12.7. The second-order valence-corrected chi connectivity index (χ2v) is 5.80. The van der Waals surface area contributed by atoms with Gasteiger partial charge in [-0.2, -0.15) is 0 Å². The molecule has 1 aliphatic carbocycles. The number of carbonyl (C=O) groups excluding carboxylic acids is 1. The van der Waals surface area contributed by atoms with Gasteiger partial charge in [0.05, 0.1) is 11.5 Å². The van der Waals surface area contributed by atoms with E-state index in [1.165, 1.54) is 0 Å². The van der Waals surface area contributed by atoms with Gasteiger partial charge in [-0.05, 0) is 49.8 Å². The number of ketones is 1. The number of Topliss-reactive ketones (excluding diaryl/α,β-unsaturated/α-hetero) is 1. The van der Waals surface area contributed by atoms with E-state index in [4.69, 9.17) is 10.5 Å². The highest BCUT2D eigenvalue weighted by atomic mass is 16.5. The SMILES string of the molecule is Nc1ccc(C2(C(=O)CCC3CCCO3)CC2)cc1. The third-order valence-electron chi connectivity index (χ3n) is 4.46. The molecule has 1 aromatic rings. The lowest BCUT2D eigenvalue weighted by atomic mass is 9.88. The van der Waals surface area contributed by atoms with Crippen molar-refractivity contribution < 1.29 is 9.53 Å². The molecule has 2 N–H and O–H groups in total. The largest absolute Gasteiger partial charge is 0.399 e. The fourth-order valence-corrected chi connectivity index (χ4v) is 3.06. The van der Waals surface area contributed by atoms with Gasteiger partial charge in [0.1, 0.15) is 5.78 Å². The van der Waals surface area contributed by atoms with Crippen LogP contribution in [0.3, 0.4) is 0 Å². The van der Waals surface area contributed by atoms with Crippen molar-refractivity contribution in [3.8, 4) is 0 Å². The highest BCUT2D eigenvalue weighted by molar-refractivity contribution is 5.93. The number of rotatable bonds is 5. The summed E-state index contributed by atoms with van der Waals surface area (Å²) in [5, 5.41) is 0. The summed E-state index contributed by atoms with van der Waals surface area (Å²) in [4.78, 5) is 12.5. The fraction of sp³-hybridized carbons (Fsp3) is 0.562. The monoisotopic (exact) mass is 259 g/mol. The maximum atomic E-state index is 12.5. The van der Waals surface area contributed by atoms with Crippen molar-refractivity contribution in [3.63, 3.8) is 0 Å². The zero-order valence-electron chi connectivity index (χ0n) is 11.2. The highest BCUT2D eigenvalue weighted by Crippen LogP contribution is 2.50. The Morgan fingerprint density at radius 1 is 1.32 bits per heavy atom. The molecular weight excluding hydrogens is 238 g/mol. The maximum Gasteiger partial charge on any atom is 0.143 e. The molecule has 1 atom stereocenters. The number of hydrogen-bond acceptors (Lipinski definition) is 3. The topological polar surface area (TPSA) is 52.3 Å². The zero-order valence-corrected chi connectivity index (χ0v) is 11.2. The predicted octanol–water partition coefficient (Wildman–Crippen LogP) is 2.83. The number of ether oxygens (including phenoxy) is 1. The summed E-state index contributed by atoms with van der Waals surface area (Å²) in [7, 11) is 0. The summed E-state index contributed by atoms with van der Waals surface area (Å²) in [5.41, 5.74) is 7.40. The molecule has 1 unspecified atom stereocenters. The molecule has 0 amide bonds. The van der Waals surface area contributed by atoms with E-state index in [9.17, 15) is 4.79 Å². The van der Waals surface area contributed by atoms with E-state index in [0.29, 0.717) is 18.3 Å². The first-order chi connectivity index (χ1) is 9.21. The quantitative estimate of drug-likeness (QED) is 0.827. The van der Waals surface area contributed by atoms with Gasteiger partial charge in [-0.3, -0.25) is 4.79 Å². The van der Waals surface area contributed by atoms with Gasteiger partial charge in [-0.25, -0.2) is 0 Å². The van der Waals surface area contributed by atoms with Crippen LogP contribution >= 0.6 is 0 Å². The van der Waals surface area contributed by atoms with Crippen LogP contribution in [0.4, 0.5) is 5.69 Å². The van der Waals surface area contributed by atoms with Crippen LogP contribution in [0.1, 0.15) is 44.1 Å². The lowest BCUT2D eigenvalue weighted by Crippen LogP contribution is -2.22. The molecule has 3 heteroatoms. The van der Waals surface area contributed by atoms with Crippen LogP contribution in [0.15, 0.2) is 24.3 Å². The summed E-state index contributed by atoms with van der Waals surface area (Å²) >= 11 is 0. The first-order valence-corrected chi connectivity index (χ1v) is 7.22. The number of anilines is 1. The molecule has 3 rings (SSSR count). The van der Waals surface area contributed by atoms with E-state index in [2.05, 4.69) is 0 Å². The van der Waals surface area contributed by atoms with Crippen LogP contribution in [0, 0.1) is 0 Å². The molecular formula is C16H21NO2. The maximum absolute atomic E-state index is 12.5. The van der Waals surface area contributed by atoms with Gasteiger partial charge in [0, 0.05) is 18.7 Å². The Morgan fingerprint density at radius 3 is 2.63 bits per heavy atom. The Kier molecular flexibility index (Phi) is 3.31. The average molecular weight is 259 g/mol. The standard InChI is InChI=1S/C16H21NO2/c17-13-5-3-12(4-6-13)16(9-10-16)15(18)8-7-14-2-1-11-19-14/h3-6,14H,1-2,7-11,17H2. The summed E-state index contributed by atoms with van der Waals surface area (Å²) in [6.07, 6.45) is 6.07. The minimum atomic E-state index is -0.202. The summed E-state index contributed by atoms with van der Waals surface area (Å²) in [5.74, 6) is 0.382. The molecule has 3 nitrogen and oxygen atoms in total. The summed E-state index contributed by atoms with van der Waals surface area (Å²) < 4.78 is 5.59. The number of nitrogens with two attached hydrogens (primary N) is 1. The molecule has 19 heavy (non-hydrogen) atoms. The number of carbonyl (C=O) groups is 1. The Hall–Kier alpha value is -1.35. The smallest absolute Gasteiger partial charge is 0.143 e. The average Bonchev–Trinajstić information content (AvgIpc) is 3.07. The Bertz CT molecular complexity index is 456. The van der Waals surface area contributed by atoms with Crippen LogP contribution in [0.2, 0.25) is 0 Å². The fourth-order valence-electron chi connectivity index (χ4n) is 3.06. The molecule has 102 valence electrons. The van der Waals surface area contributed by atoms with Crippen molar-refractivity contribution in [1.82, 2.24) is 0 Å². The van der Waals surface area contributed by atoms with E-state index in [-0.39, 0.29) is 5.41 Å². The second kappa shape index (κ2) is 4.97. The molecule has 1 aromatic carbocycles. The minimum Gasteiger partial charge on any atom is -0.399 e. The van der Waals surface area contributed by atoms with Crippen molar-refractivity contribution in [2.45, 2.75) is 50.0 Å². The van der Waals surface area contributed by atoms with Gasteiger partial charge in [-0.1, -0.05) is 12.1 Å². The van der Waals surface area contributed by atoms with Crippen molar-refractivity contribution >= 4 is 11.5 Å². The summed E-state index contributed by atoms with van der Waals surface area (Å²) in [6.45, 7) is 0.863. The summed E-state index contributed by atoms with van der Waals surface area (Å²) in [6, 6.07) is 7.80. The molecule has 0 bridgehead atoms. The van der Waals surface area contributed by atoms with Crippen LogP contribution < -0.4 is 5.73 Å². The number of benzene rings is 1. The molecule has 0 aromatic heterocycles. The molecule has 2 fully saturated rings. The van der Waals surface area contributed by atoms with E-state index in [0.717, 1.165) is 50.0 Å². The van der Waals surface area contributed by atoms with Gasteiger partial charge in [-0.15, -0.1) is 0 Å². The molecule has 0 spiro atoms. The molecule has 1 heterocycles. The van der Waals surface area contributed by atoms with Crippen molar-refractivity contribution in [3.05, 3.63) is 29.8 Å². The Labute approximate surface area is 114 Å². The lowest BCUT2D eigenvalue weighted by molar-refractivity contribution is -0.122. The predicted molar refractivity (Wildman–Crippen MR) is 75.0 cm³/mol. The van der Waals surface area contributed by atoms with Gasteiger partial charge in [0.15, 0.2) is 0 Å². The van der Waals surface area contributed by atoms with E-state index >= 15 is 0 Å². The van der Waals surface area contributed by atoms with E-state index in [1.807, 2.05) is 24.3 Å². The van der Waals surface area contributed by atoms with Crippen LogP contribution in [-0.2, 0) is 14.9 Å². The third kappa shape index (κ3) is 2.52. The van der Waals surface area contributed by atoms with E-state index < -0.39 is 0 Å². The molecule has 2 aliphatic rings. The van der Waals surface area contributed by atoms with E-state index in [1.54, 1.807) is 0 Å². The van der Waals surface area contributed by atoms with Crippen LogP contribution in [0.25, 0.3) is 0 Å². The van der Waals surface area contributed by atoms with Crippen molar-refractivity contribution in [2.75, 3.05) is 12.3 Å². The van der Waals surface area contributed by atoms with Crippen LogP contribution in [-0.4, -0.2) is 18.5 Å². The van der Waals surface area contributed by atoms with Gasteiger partial charge < -0.3 is 10.5 Å². The minimum absolute atomic E-state index is 0.202. The van der Waals surface area contributed by atoms with Gasteiger partial charge in [0.25, 0.3) is 0 Å². The first-order valence-electron chi connectivity index (χ1n) is 7.22. The normalized spacial score (nSPS) is 24.3. The second-order valence-electron chi connectivity index (χ2n) is 5.80. The van der Waals surface area contributed by atoms with Crippen molar-refractivity contribution in [2.24, 2.45) is 0 Å². The zero-order chi connectivity index (χ0) is 13.3. The Balaban J connectivity index is 1.63. The Morgan fingerprint density at radius 2 is 2.05 bits per heavy atom.